The smallest absolute Gasteiger partial charge is 0.445 e. The topological polar surface area (TPSA) is 0 Å². The van der Waals surface area contributed by atoms with Gasteiger partial charge < -0.3 is 12.9 Å². The van der Waals surface area contributed by atoms with E-state index in [0.717, 1.165) is 0 Å². The van der Waals surface area contributed by atoms with Crippen molar-refractivity contribution in [3.8, 4) is 0 Å². The summed E-state index contributed by atoms with van der Waals surface area (Å²) in [4.78, 5) is 0. The van der Waals surface area contributed by atoms with Gasteiger partial charge in [0.1, 0.15) is 0 Å². The monoisotopic (exact) mass is 270 g/mol. The number of hydrogen-bond donors (Lipinski definition) is 0. The molecule has 0 aliphatic heterocycles. The summed E-state index contributed by atoms with van der Waals surface area (Å²) in [6.45, 7) is -5.63. The molecule has 0 fully saturated rings. The Hall–Kier alpha value is 0.431. The molecule has 1 aromatic carbocycles. The fraction of sp³-hybridized carbons (Fsp3) is 0.143. The van der Waals surface area contributed by atoms with Crippen LogP contribution in [0, 0.1) is 5.82 Å². The molecule has 0 aromatic heterocycles. The molecule has 84 valence electrons. The molecular weight excluding hydrogens is 267 g/mol. The van der Waals surface area contributed by atoms with Crippen molar-refractivity contribution in [3.05, 3.63) is 29.6 Å². The summed E-state index contributed by atoms with van der Waals surface area (Å²) in [5, 5.41) is 0. The molecular formula is C7H3BF7K. The third-order valence-electron chi connectivity index (χ3n) is 1.68. The maximum Gasteiger partial charge on any atom is 1.00 e. The summed E-state index contributed by atoms with van der Waals surface area (Å²) in [6, 6.07) is 0.135. The fourth-order valence-electron chi connectivity index (χ4n) is 0.969. The van der Waals surface area contributed by atoms with Crippen LogP contribution in [-0.2, 0) is 6.18 Å². The van der Waals surface area contributed by atoms with Crippen LogP contribution in [0.1, 0.15) is 5.56 Å². The van der Waals surface area contributed by atoms with Crippen molar-refractivity contribution in [2.24, 2.45) is 0 Å². The Morgan fingerprint density at radius 3 is 1.81 bits per heavy atom. The minimum absolute atomic E-state index is 0. The van der Waals surface area contributed by atoms with Crippen LogP contribution in [0.4, 0.5) is 30.5 Å². The van der Waals surface area contributed by atoms with Crippen LogP contribution in [0.2, 0.25) is 0 Å². The van der Waals surface area contributed by atoms with Gasteiger partial charge in [-0.2, -0.15) is 13.2 Å². The van der Waals surface area contributed by atoms with Crippen LogP contribution in [-0.4, -0.2) is 6.98 Å². The molecule has 0 bridgehead atoms. The molecule has 0 amide bonds. The predicted octanol–water partition coefficient (Wildman–Crippen LogP) is -0.0971. The first-order valence-electron chi connectivity index (χ1n) is 3.69. The van der Waals surface area contributed by atoms with Crippen LogP contribution in [0.25, 0.3) is 0 Å². The van der Waals surface area contributed by atoms with Crippen LogP contribution < -0.4 is 56.8 Å². The standard InChI is InChI=1S/C7H3BF7.K/c9-6-3-4(7(10,11)12)1-2-5(6)8(13,14)15;/h1-3H;/q-1;+1. The third kappa shape index (κ3) is 4.03. The van der Waals surface area contributed by atoms with Gasteiger partial charge in [0.05, 0.1) is 11.4 Å². The van der Waals surface area contributed by atoms with Crippen molar-refractivity contribution in [1.29, 1.82) is 0 Å². The van der Waals surface area contributed by atoms with Crippen molar-refractivity contribution < 1.29 is 81.9 Å². The van der Waals surface area contributed by atoms with Gasteiger partial charge in [0, 0.05) is 0 Å². The summed E-state index contributed by atoms with van der Waals surface area (Å²) < 4.78 is 84.6. The van der Waals surface area contributed by atoms with Gasteiger partial charge in [-0.05, 0) is 6.07 Å². The third-order valence-corrected chi connectivity index (χ3v) is 1.68. The van der Waals surface area contributed by atoms with Crippen molar-refractivity contribution >= 4 is 12.4 Å². The first-order valence-corrected chi connectivity index (χ1v) is 3.69. The number of rotatable bonds is 1. The minimum atomic E-state index is -5.63. The van der Waals surface area contributed by atoms with Crippen LogP contribution in [0.3, 0.4) is 0 Å². The Balaban J connectivity index is 0.00000225. The molecule has 0 N–H and O–H groups in total. The summed E-state index contributed by atoms with van der Waals surface area (Å²) in [6.07, 6.45) is -4.85. The molecule has 0 aliphatic rings. The molecule has 0 saturated carbocycles. The molecule has 0 nitrogen and oxygen atoms in total. The predicted molar refractivity (Wildman–Crippen MR) is 40.1 cm³/mol. The second kappa shape index (κ2) is 5.38. The maximum atomic E-state index is 12.7. The first-order chi connectivity index (χ1) is 6.62. The van der Waals surface area contributed by atoms with E-state index in [1.165, 1.54) is 0 Å². The Morgan fingerprint density at radius 2 is 1.50 bits per heavy atom. The van der Waals surface area contributed by atoms with E-state index in [2.05, 4.69) is 0 Å². The van der Waals surface area contributed by atoms with Gasteiger partial charge in [0.15, 0.2) is 0 Å². The van der Waals surface area contributed by atoms with Crippen molar-refractivity contribution in [3.63, 3.8) is 0 Å². The largest absolute Gasteiger partial charge is 1.00 e. The molecule has 1 rings (SSSR count). The number of halogens is 7. The van der Waals surface area contributed by atoms with Gasteiger partial charge in [-0.1, -0.05) is 17.6 Å². The van der Waals surface area contributed by atoms with Gasteiger partial charge >= 0.3 is 64.5 Å². The van der Waals surface area contributed by atoms with Gasteiger partial charge in [-0.25, -0.2) is 4.39 Å². The molecule has 0 unspecified atom stereocenters. The van der Waals surface area contributed by atoms with E-state index >= 15 is 0 Å². The zero-order valence-corrected chi connectivity index (χ0v) is 11.1. The van der Waals surface area contributed by atoms with Gasteiger partial charge in [-0.15, -0.1) is 0 Å². The summed E-state index contributed by atoms with van der Waals surface area (Å²) >= 11 is 0. The van der Waals surface area contributed by atoms with E-state index in [0.29, 0.717) is 0 Å². The molecule has 0 aliphatic carbocycles. The Kier molecular flexibility index (Phi) is 5.53. The van der Waals surface area contributed by atoms with Gasteiger partial charge in [-0.3, -0.25) is 0 Å². The zero-order valence-electron chi connectivity index (χ0n) is 7.96. The van der Waals surface area contributed by atoms with E-state index < -0.39 is 30.0 Å². The Morgan fingerprint density at radius 1 is 1.00 bits per heavy atom. The van der Waals surface area contributed by atoms with Crippen LogP contribution in [0.5, 0.6) is 0 Å². The molecule has 16 heavy (non-hydrogen) atoms. The van der Waals surface area contributed by atoms with E-state index in [-0.39, 0.29) is 69.6 Å². The maximum absolute atomic E-state index is 12.7. The quantitative estimate of drug-likeness (QED) is 0.494. The molecule has 0 atom stereocenters. The first kappa shape index (κ1) is 16.4. The van der Waals surface area contributed by atoms with E-state index in [1.807, 2.05) is 0 Å². The average Bonchev–Trinajstić information content (AvgIpc) is 1.99. The molecule has 0 radical (unpaired) electrons. The molecule has 0 spiro atoms. The summed E-state index contributed by atoms with van der Waals surface area (Å²) in [7, 11) is 0. The normalized spacial score (nSPS) is 12.2. The number of hydrogen-bond acceptors (Lipinski definition) is 0. The molecule has 9 heteroatoms. The van der Waals surface area contributed by atoms with E-state index in [4.69, 9.17) is 0 Å². The van der Waals surface area contributed by atoms with Crippen LogP contribution in [0.15, 0.2) is 18.2 Å². The average molecular weight is 270 g/mol. The summed E-state index contributed by atoms with van der Waals surface area (Å²) in [5.74, 6) is -1.91. The Labute approximate surface area is 129 Å². The van der Waals surface area contributed by atoms with E-state index in [9.17, 15) is 30.5 Å². The van der Waals surface area contributed by atoms with Crippen molar-refractivity contribution in [2.75, 3.05) is 0 Å². The number of alkyl halides is 3. The van der Waals surface area contributed by atoms with Gasteiger partial charge in [0.2, 0.25) is 0 Å². The minimum Gasteiger partial charge on any atom is -0.445 e. The van der Waals surface area contributed by atoms with E-state index in [1.54, 1.807) is 0 Å². The molecule has 0 heterocycles. The fourth-order valence-corrected chi connectivity index (χ4v) is 0.969. The Bertz CT molecular complexity index is 370. The zero-order chi connectivity index (χ0) is 11.9. The molecule has 1 aromatic rings. The van der Waals surface area contributed by atoms with Crippen molar-refractivity contribution in [1.82, 2.24) is 0 Å². The second-order valence-corrected chi connectivity index (χ2v) is 2.81. The SMILES string of the molecule is Fc1cc(C(F)(F)F)ccc1[B-](F)(F)F.[K+]. The molecule has 0 saturated heterocycles. The second-order valence-electron chi connectivity index (χ2n) is 2.81. The van der Waals surface area contributed by atoms with Crippen LogP contribution >= 0.6 is 0 Å². The number of benzene rings is 1. The van der Waals surface area contributed by atoms with Gasteiger partial charge in [0.25, 0.3) is 0 Å². The summed E-state index contributed by atoms with van der Waals surface area (Å²) in [5.41, 5.74) is -3.09. The van der Waals surface area contributed by atoms with Crippen molar-refractivity contribution in [2.45, 2.75) is 6.18 Å².